The SMILES string of the molecule is Cc1cc(Cl)c(NCc2cncnc2)c2cccnc12. The van der Waals surface area contributed by atoms with Crippen LogP contribution < -0.4 is 5.32 Å². The largest absolute Gasteiger partial charge is 0.379 e. The molecule has 0 amide bonds. The number of nitrogens with one attached hydrogen (secondary N) is 1. The van der Waals surface area contributed by atoms with E-state index in [9.17, 15) is 0 Å². The zero-order chi connectivity index (χ0) is 13.9. The molecule has 3 aromatic rings. The van der Waals surface area contributed by atoms with Crippen molar-refractivity contribution in [2.24, 2.45) is 0 Å². The first-order valence-electron chi connectivity index (χ1n) is 6.27. The Morgan fingerprint density at radius 2 is 2.05 bits per heavy atom. The molecule has 0 aliphatic heterocycles. The Morgan fingerprint density at radius 3 is 2.85 bits per heavy atom. The molecule has 4 nitrogen and oxygen atoms in total. The summed E-state index contributed by atoms with van der Waals surface area (Å²) in [7, 11) is 0. The lowest BCUT2D eigenvalue weighted by Gasteiger charge is -2.13. The molecule has 2 heterocycles. The minimum absolute atomic E-state index is 0.619. The van der Waals surface area contributed by atoms with Crippen molar-refractivity contribution in [1.82, 2.24) is 15.0 Å². The lowest BCUT2D eigenvalue weighted by atomic mass is 10.1. The fourth-order valence-electron chi connectivity index (χ4n) is 2.17. The van der Waals surface area contributed by atoms with Crippen molar-refractivity contribution in [3.63, 3.8) is 0 Å². The summed E-state index contributed by atoms with van der Waals surface area (Å²) in [6.07, 6.45) is 6.87. The van der Waals surface area contributed by atoms with Gasteiger partial charge >= 0.3 is 0 Å². The molecule has 0 bridgehead atoms. The van der Waals surface area contributed by atoms with Crippen LogP contribution in [0.5, 0.6) is 0 Å². The fraction of sp³-hybridized carbons (Fsp3) is 0.133. The van der Waals surface area contributed by atoms with E-state index < -0.39 is 0 Å². The van der Waals surface area contributed by atoms with Crippen LogP contribution in [-0.4, -0.2) is 15.0 Å². The van der Waals surface area contributed by atoms with Gasteiger partial charge in [-0.2, -0.15) is 0 Å². The minimum atomic E-state index is 0.619. The zero-order valence-corrected chi connectivity index (χ0v) is 11.7. The third-order valence-electron chi connectivity index (χ3n) is 3.12. The summed E-state index contributed by atoms with van der Waals surface area (Å²) in [5, 5.41) is 5.06. The maximum atomic E-state index is 6.35. The molecule has 0 radical (unpaired) electrons. The fourth-order valence-corrected chi connectivity index (χ4v) is 2.50. The molecular weight excluding hydrogens is 272 g/mol. The first kappa shape index (κ1) is 12.8. The number of hydrogen-bond donors (Lipinski definition) is 1. The Hall–Kier alpha value is -2.20. The Balaban J connectivity index is 1.99. The molecular formula is C15H13ClN4. The molecule has 0 saturated heterocycles. The molecule has 20 heavy (non-hydrogen) atoms. The average molecular weight is 285 g/mol. The van der Waals surface area contributed by atoms with Gasteiger partial charge in [0, 0.05) is 36.1 Å². The minimum Gasteiger partial charge on any atom is -0.379 e. The Morgan fingerprint density at radius 1 is 1.25 bits per heavy atom. The highest BCUT2D eigenvalue weighted by atomic mass is 35.5. The number of aromatic nitrogens is 3. The van der Waals surface area contributed by atoms with Crippen LogP contribution in [0.15, 0.2) is 43.1 Å². The molecule has 100 valence electrons. The third kappa shape index (κ3) is 2.42. The van der Waals surface area contributed by atoms with Crippen LogP contribution in [0.3, 0.4) is 0 Å². The molecule has 2 aromatic heterocycles. The summed E-state index contributed by atoms with van der Waals surface area (Å²) < 4.78 is 0. The van der Waals surface area contributed by atoms with E-state index in [0.717, 1.165) is 27.7 Å². The Bertz CT molecular complexity index is 743. The third-order valence-corrected chi connectivity index (χ3v) is 3.41. The summed E-state index contributed by atoms with van der Waals surface area (Å²) >= 11 is 6.35. The molecule has 0 unspecified atom stereocenters. The van der Waals surface area contributed by atoms with Gasteiger partial charge in [0.1, 0.15) is 6.33 Å². The van der Waals surface area contributed by atoms with E-state index in [1.54, 1.807) is 18.6 Å². The zero-order valence-electron chi connectivity index (χ0n) is 11.0. The van der Waals surface area contributed by atoms with E-state index in [2.05, 4.69) is 20.3 Å². The van der Waals surface area contributed by atoms with Crippen LogP contribution in [0.4, 0.5) is 5.69 Å². The van der Waals surface area contributed by atoms with Gasteiger partial charge < -0.3 is 5.32 Å². The summed E-state index contributed by atoms with van der Waals surface area (Å²) in [6.45, 7) is 2.63. The van der Waals surface area contributed by atoms with Crippen LogP contribution in [0.25, 0.3) is 10.9 Å². The first-order valence-corrected chi connectivity index (χ1v) is 6.65. The first-order chi connectivity index (χ1) is 9.75. The predicted octanol–water partition coefficient (Wildman–Crippen LogP) is 3.60. The van der Waals surface area contributed by atoms with Crippen molar-refractivity contribution >= 4 is 28.2 Å². The maximum absolute atomic E-state index is 6.35. The van der Waals surface area contributed by atoms with Gasteiger partial charge in [0.25, 0.3) is 0 Å². The normalized spacial score (nSPS) is 10.7. The molecule has 0 saturated carbocycles. The van der Waals surface area contributed by atoms with Crippen molar-refractivity contribution in [1.29, 1.82) is 0 Å². The summed E-state index contributed by atoms with van der Waals surface area (Å²) in [4.78, 5) is 12.4. The van der Waals surface area contributed by atoms with Gasteiger partial charge in [-0.3, -0.25) is 4.98 Å². The summed E-state index contributed by atoms with van der Waals surface area (Å²) in [5.41, 5.74) is 3.92. The summed E-state index contributed by atoms with van der Waals surface area (Å²) in [6, 6.07) is 5.86. The van der Waals surface area contributed by atoms with E-state index >= 15 is 0 Å². The number of fused-ring (bicyclic) bond motifs is 1. The molecule has 1 N–H and O–H groups in total. The van der Waals surface area contributed by atoms with E-state index in [1.807, 2.05) is 25.1 Å². The lowest BCUT2D eigenvalue weighted by Crippen LogP contribution is -2.02. The summed E-state index contributed by atoms with van der Waals surface area (Å²) in [5.74, 6) is 0. The van der Waals surface area contributed by atoms with Gasteiger partial charge in [-0.1, -0.05) is 11.6 Å². The second-order valence-electron chi connectivity index (χ2n) is 4.55. The molecule has 0 spiro atoms. The highest BCUT2D eigenvalue weighted by Crippen LogP contribution is 2.32. The number of anilines is 1. The van der Waals surface area contributed by atoms with Crippen LogP contribution in [0.1, 0.15) is 11.1 Å². The number of nitrogens with zero attached hydrogens (tertiary/aromatic N) is 3. The average Bonchev–Trinajstić information content (AvgIpc) is 2.48. The Kier molecular flexibility index (Phi) is 3.48. The van der Waals surface area contributed by atoms with Gasteiger partial charge in [-0.05, 0) is 30.7 Å². The molecule has 0 fully saturated rings. The smallest absolute Gasteiger partial charge is 0.115 e. The van der Waals surface area contributed by atoms with Crippen LogP contribution in [-0.2, 0) is 6.54 Å². The monoisotopic (exact) mass is 284 g/mol. The van der Waals surface area contributed by atoms with Gasteiger partial charge in [-0.25, -0.2) is 9.97 Å². The second-order valence-corrected chi connectivity index (χ2v) is 4.96. The lowest BCUT2D eigenvalue weighted by molar-refractivity contribution is 1.05. The van der Waals surface area contributed by atoms with E-state index in [1.165, 1.54) is 6.33 Å². The second kappa shape index (κ2) is 5.43. The topological polar surface area (TPSA) is 50.7 Å². The molecule has 3 rings (SSSR count). The standard InChI is InChI=1S/C15H13ClN4/c1-10-5-13(16)15(12-3-2-4-19-14(10)12)20-8-11-6-17-9-18-7-11/h2-7,9,20H,8H2,1H3. The number of pyridine rings is 1. The molecule has 5 heteroatoms. The van der Waals surface area contributed by atoms with Gasteiger partial charge in [0.15, 0.2) is 0 Å². The van der Waals surface area contributed by atoms with Crippen LogP contribution in [0, 0.1) is 6.92 Å². The molecule has 0 atom stereocenters. The van der Waals surface area contributed by atoms with E-state index in [4.69, 9.17) is 11.6 Å². The molecule has 1 aromatic carbocycles. The quantitative estimate of drug-likeness (QED) is 0.798. The van der Waals surface area contributed by atoms with Crippen LogP contribution in [0.2, 0.25) is 5.02 Å². The highest BCUT2D eigenvalue weighted by Gasteiger charge is 2.09. The van der Waals surface area contributed by atoms with Crippen molar-refractivity contribution in [3.8, 4) is 0 Å². The van der Waals surface area contributed by atoms with Crippen molar-refractivity contribution in [2.45, 2.75) is 13.5 Å². The van der Waals surface area contributed by atoms with Gasteiger partial charge in [0.05, 0.1) is 16.2 Å². The number of halogens is 1. The van der Waals surface area contributed by atoms with Crippen molar-refractivity contribution in [2.75, 3.05) is 5.32 Å². The molecule has 0 aliphatic rings. The van der Waals surface area contributed by atoms with Gasteiger partial charge in [-0.15, -0.1) is 0 Å². The van der Waals surface area contributed by atoms with Crippen LogP contribution >= 0.6 is 11.6 Å². The van der Waals surface area contributed by atoms with Crippen molar-refractivity contribution < 1.29 is 0 Å². The number of benzene rings is 1. The highest BCUT2D eigenvalue weighted by molar-refractivity contribution is 6.35. The maximum Gasteiger partial charge on any atom is 0.115 e. The van der Waals surface area contributed by atoms with Crippen molar-refractivity contribution in [3.05, 3.63) is 59.3 Å². The van der Waals surface area contributed by atoms with Gasteiger partial charge in [0.2, 0.25) is 0 Å². The number of hydrogen-bond acceptors (Lipinski definition) is 4. The van der Waals surface area contributed by atoms with E-state index in [0.29, 0.717) is 11.6 Å². The van der Waals surface area contributed by atoms with E-state index in [-0.39, 0.29) is 0 Å². The Labute approximate surface area is 121 Å². The predicted molar refractivity (Wildman–Crippen MR) is 80.8 cm³/mol. The molecule has 0 aliphatic carbocycles. The number of rotatable bonds is 3. The number of aryl methyl sites for hydroxylation is 1.